The molecule has 0 spiro atoms. The van der Waals surface area contributed by atoms with E-state index < -0.39 is 0 Å². The lowest BCUT2D eigenvalue weighted by atomic mass is 10.1. The van der Waals surface area contributed by atoms with E-state index in [1.807, 2.05) is 54.8 Å². The Morgan fingerprint density at radius 3 is 2.62 bits per heavy atom. The third kappa shape index (κ3) is 4.61. The second kappa shape index (κ2) is 8.49. The highest BCUT2D eigenvalue weighted by molar-refractivity contribution is 7.13. The van der Waals surface area contributed by atoms with Crippen molar-refractivity contribution >= 4 is 17.2 Å². The molecule has 3 aromatic rings. The highest BCUT2D eigenvalue weighted by Crippen LogP contribution is 2.23. The van der Waals surface area contributed by atoms with Crippen LogP contribution in [0.2, 0.25) is 0 Å². The summed E-state index contributed by atoms with van der Waals surface area (Å²) in [7, 11) is 1.61. The molecule has 0 saturated carbocycles. The fraction of sp³-hybridized carbons (Fsp3) is 0.200. The number of hydrogen-bond donors (Lipinski definition) is 1. The zero-order chi connectivity index (χ0) is 18.4. The van der Waals surface area contributed by atoms with E-state index in [4.69, 9.17) is 9.47 Å². The summed E-state index contributed by atoms with van der Waals surface area (Å²) >= 11 is 1.60. The van der Waals surface area contributed by atoms with Gasteiger partial charge in [-0.1, -0.05) is 18.2 Å². The highest BCUT2D eigenvalue weighted by atomic mass is 32.1. The quantitative estimate of drug-likeness (QED) is 0.642. The van der Waals surface area contributed by atoms with Crippen LogP contribution in [0.1, 0.15) is 16.1 Å². The number of nitrogens with zero attached hydrogens (tertiary/aromatic N) is 1. The van der Waals surface area contributed by atoms with Gasteiger partial charge in [0.1, 0.15) is 23.1 Å². The molecule has 1 N–H and O–H groups in total. The van der Waals surface area contributed by atoms with Gasteiger partial charge in [0.15, 0.2) is 0 Å². The van der Waals surface area contributed by atoms with Gasteiger partial charge in [0, 0.05) is 28.3 Å². The number of amides is 1. The smallest absolute Gasteiger partial charge is 0.251 e. The van der Waals surface area contributed by atoms with Crippen molar-refractivity contribution in [3.8, 4) is 22.1 Å². The van der Waals surface area contributed by atoms with E-state index in [2.05, 4.69) is 10.3 Å². The van der Waals surface area contributed by atoms with Crippen LogP contribution in [-0.2, 0) is 0 Å². The van der Waals surface area contributed by atoms with Gasteiger partial charge in [0.2, 0.25) is 0 Å². The number of aryl methyl sites for hydroxylation is 1. The molecule has 0 bridgehead atoms. The fourth-order valence-electron chi connectivity index (χ4n) is 2.38. The van der Waals surface area contributed by atoms with Gasteiger partial charge in [-0.05, 0) is 31.2 Å². The van der Waals surface area contributed by atoms with E-state index >= 15 is 0 Å². The van der Waals surface area contributed by atoms with Crippen LogP contribution in [0, 0.1) is 6.92 Å². The molecule has 2 aromatic carbocycles. The molecule has 3 rings (SSSR count). The molecule has 26 heavy (non-hydrogen) atoms. The standard InChI is InChI=1S/C20H20N2O3S/c1-14-13-26-20(22-14)16-8-6-15(7-9-16)19(23)21-10-11-25-18-5-3-4-17(12-18)24-2/h3-9,12-13H,10-11H2,1-2H3,(H,21,23). The Morgan fingerprint density at radius 1 is 1.15 bits per heavy atom. The fourth-order valence-corrected chi connectivity index (χ4v) is 3.18. The molecule has 0 radical (unpaired) electrons. The maximum absolute atomic E-state index is 12.2. The van der Waals surface area contributed by atoms with Crippen molar-refractivity contribution in [2.75, 3.05) is 20.3 Å². The molecule has 1 heterocycles. The molecule has 0 unspecified atom stereocenters. The predicted molar refractivity (Wildman–Crippen MR) is 103 cm³/mol. The third-order valence-corrected chi connectivity index (χ3v) is 4.72. The molecule has 0 saturated heterocycles. The van der Waals surface area contributed by atoms with E-state index in [-0.39, 0.29) is 5.91 Å². The van der Waals surface area contributed by atoms with Crippen molar-refractivity contribution in [3.05, 3.63) is 65.2 Å². The normalized spacial score (nSPS) is 10.4. The second-order valence-corrected chi connectivity index (χ2v) is 6.51. The van der Waals surface area contributed by atoms with Crippen molar-refractivity contribution in [2.24, 2.45) is 0 Å². The lowest BCUT2D eigenvalue weighted by molar-refractivity contribution is 0.0947. The van der Waals surface area contributed by atoms with E-state index in [1.54, 1.807) is 24.5 Å². The Kier molecular flexibility index (Phi) is 5.86. The number of carbonyl (C=O) groups excluding carboxylic acids is 1. The molecule has 6 heteroatoms. The number of benzene rings is 2. The first-order valence-electron chi connectivity index (χ1n) is 8.23. The Morgan fingerprint density at radius 2 is 1.92 bits per heavy atom. The zero-order valence-electron chi connectivity index (χ0n) is 14.7. The van der Waals surface area contributed by atoms with Crippen LogP contribution in [-0.4, -0.2) is 31.2 Å². The number of ether oxygens (including phenoxy) is 2. The molecule has 0 aliphatic rings. The minimum absolute atomic E-state index is 0.124. The summed E-state index contributed by atoms with van der Waals surface area (Å²) in [6.07, 6.45) is 0. The summed E-state index contributed by atoms with van der Waals surface area (Å²) < 4.78 is 10.8. The van der Waals surface area contributed by atoms with Crippen molar-refractivity contribution in [2.45, 2.75) is 6.92 Å². The van der Waals surface area contributed by atoms with Crippen molar-refractivity contribution in [3.63, 3.8) is 0 Å². The van der Waals surface area contributed by atoms with Crippen LogP contribution in [0.5, 0.6) is 11.5 Å². The van der Waals surface area contributed by atoms with Gasteiger partial charge in [-0.3, -0.25) is 4.79 Å². The summed E-state index contributed by atoms with van der Waals surface area (Å²) in [5.74, 6) is 1.32. The zero-order valence-corrected chi connectivity index (χ0v) is 15.5. The van der Waals surface area contributed by atoms with Crippen LogP contribution in [0.3, 0.4) is 0 Å². The van der Waals surface area contributed by atoms with Gasteiger partial charge in [-0.2, -0.15) is 0 Å². The Hall–Kier alpha value is -2.86. The monoisotopic (exact) mass is 368 g/mol. The Labute approximate surface area is 156 Å². The van der Waals surface area contributed by atoms with E-state index in [0.717, 1.165) is 22.0 Å². The number of thiazole rings is 1. The van der Waals surface area contributed by atoms with E-state index in [1.165, 1.54) is 0 Å². The Balaban J connectivity index is 1.48. The SMILES string of the molecule is COc1cccc(OCCNC(=O)c2ccc(-c3nc(C)cs3)cc2)c1. The molecule has 134 valence electrons. The maximum Gasteiger partial charge on any atom is 0.251 e. The number of carbonyl (C=O) groups is 1. The van der Waals surface area contributed by atoms with Gasteiger partial charge in [0.05, 0.1) is 13.7 Å². The Bertz CT molecular complexity index is 875. The number of hydrogen-bond acceptors (Lipinski definition) is 5. The summed E-state index contributed by atoms with van der Waals surface area (Å²) in [6.45, 7) is 2.77. The van der Waals surface area contributed by atoms with Crippen molar-refractivity contribution in [1.82, 2.24) is 10.3 Å². The lowest BCUT2D eigenvalue weighted by Crippen LogP contribution is -2.28. The topological polar surface area (TPSA) is 60.5 Å². The van der Waals surface area contributed by atoms with Gasteiger partial charge in [0.25, 0.3) is 5.91 Å². The maximum atomic E-state index is 12.2. The summed E-state index contributed by atoms with van der Waals surface area (Å²) in [5.41, 5.74) is 2.63. The van der Waals surface area contributed by atoms with E-state index in [0.29, 0.717) is 24.5 Å². The summed E-state index contributed by atoms with van der Waals surface area (Å²) in [4.78, 5) is 16.7. The van der Waals surface area contributed by atoms with E-state index in [9.17, 15) is 4.79 Å². The largest absolute Gasteiger partial charge is 0.497 e. The lowest BCUT2D eigenvalue weighted by Gasteiger charge is -2.09. The third-order valence-electron chi connectivity index (χ3n) is 3.71. The van der Waals surface area contributed by atoms with Crippen LogP contribution >= 0.6 is 11.3 Å². The molecule has 5 nitrogen and oxygen atoms in total. The van der Waals surface area contributed by atoms with Gasteiger partial charge >= 0.3 is 0 Å². The van der Waals surface area contributed by atoms with Crippen molar-refractivity contribution < 1.29 is 14.3 Å². The van der Waals surface area contributed by atoms with Crippen LogP contribution < -0.4 is 14.8 Å². The molecule has 1 amide bonds. The molecule has 0 aliphatic heterocycles. The molecule has 0 fully saturated rings. The molecule has 1 aromatic heterocycles. The first-order valence-corrected chi connectivity index (χ1v) is 9.11. The molecular weight excluding hydrogens is 348 g/mol. The number of nitrogens with one attached hydrogen (secondary N) is 1. The second-order valence-electron chi connectivity index (χ2n) is 5.65. The molecule has 0 atom stereocenters. The predicted octanol–water partition coefficient (Wildman–Crippen LogP) is 3.94. The average molecular weight is 368 g/mol. The molecular formula is C20H20N2O3S. The van der Waals surface area contributed by atoms with Crippen LogP contribution in [0.15, 0.2) is 53.9 Å². The summed E-state index contributed by atoms with van der Waals surface area (Å²) in [5, 5.41) is 5.82. The van der Waals surface area contributed by atoms with Crippen LogP contribution in [0.4, 0.5) is 0 Å². The number of rotatable bonds is 7. The number of aromatic nitrogens is 1. The minimum atomic E-state index is -0.124. The van der Waals surface area contributed by atoms with Gasteiger partial charge < -0.3 is 14.8 Å². The first-order chi connectivity index (χ1) is 12.7. The first kappa shape index (κ1) is 17.9. The van der Waals surface area contributed by atoms with Gasteiger partial charge in [-0.25, -0.2) is 4.98 Å². The number of methoxy groups -OCH3 is 1. The van der Waals surface area contributed by atoms with Crippen molar-refractivity contribution in [1.29, 1.82) is 0 Å². The highest BCUT2D eigenvalue weighted by Gasteiger charge is 2.07. The summed E-state index contributed by atoms with van der Waals surface area (Å²) in [6, 6.07) is 14.8. The van der Waals surface area contributed by atoms with Crippen LogP contribution in [0.25, 0.3) is 10.6 Å². The minimum Gasteiger partial charge on any atom is -0.497 e. The van der Waals surface area contributed by atoms with Gasteiger partial charge in [-0.15, -0.1) is 11.3 Å². The average Bonchev–Trinajstić information content (AvgIpc) is 3.12. The molecule has 0 aliphatic carbocycles.